The topological polar surface area (TPSA) is 37.3 Å². The van der Waals surface area contributed by atoms with Crippen LogP contribution in [0.4, 0.5) is 8.78 Å². The van der Waals surface area contributed by atoms with Crippen LogP contribution in [0.2, 0.25) is 0 Å². The lowest BCUT2D eigenvalue weighted by Crippen LogP contribution is -2.12. The van der Waals surface area contributed by atoms with Crippen LogP contribution in [-0.2, 0) is 0 Å². The number of halogens is 2. The number of aliphatic hydroxyl groups is 1. The average Bonchev–Trinajstić information content (AvgIpc) is 2.37. The summed E-state index contributed by atoms with van der Waals surface area (Å²) in [6.45, 7) is 0. The van der Waals surface area contributed by atoms with Crippen LogP contribution in [0.1, 0.15) is 22.0 Å². The van der Waals surface area contributed by atoms with Crippen molar-refractivity contribution in [1.82, 2.24) is 0 Å². The maximum Gasteiger partial charge on any atom is 0.195 e. The van der Waals surface area contributed by atoms with Crippen molar-refractivity contribution in [3.8, 4) is 0 Å². The van der Waals surface area contributed by atoms with Crippen LogP contribution in [0, 0.1) is 11.6 Å². The van der Waals surface area contributed by atoms with E-state index in [1.165, 1.54) is 36.4 Å². The van der Waals surface area contributed by atoms with E-state index in [0.29, 0.717) is 0 Å². The van der Waals surface area contributed by atoms with Crippen LogP contribution in [0.3, 0.4) is 0 Å². The SMILES string of the molecule is O=C(c1cccc(F)c1)C(O)c1cccc(F)c1. The summed E-state index contributed by atoms with van der Waals surface area (Å²) in [7, 11) is 0. The number of carbonyl (C=O) groups is 1. The largest absolute Gasteiger partial charge is 0.380 e. The maximum atomic E-state index is 13.0. The summed E-state index contributed by atoms with van der Waals surface area (Å²) >= 11 is 0. The molecule has 0 aliphatic carbocycles. The maximum absolute atomic E-state index is 13.0. The van der Waals surface area contributed by atoms with E-state index in [0.717, 1.165) is 12.1 Å². The van der Waals surface area contributed by atoms with Crippen LogP contribution in [0.15, 0.2) is 48.5 Å². The van der Waals surface area contributed by atoms with Gasteiger partial charge >= 0.3 is 0 Å². The highest BCUT2D eigenvalue weighted by Gasteiger charge is 2.19. The van der Waals surface area contributed by atoms with Crippen molar-refractivity contribution in [3.05, 3.63) is 71.3 Å². The minimum atomic E-state index is -1.50. The van der Waals surface area contributed by atoms with Crippen LogP contribution in [0.5, 0.6) is 0 Å². The molecule has 0 spiro atoms. The van der Waals surface area contributed by atoms with Crippen LogP contribution >= 0.6 is 0 Å². The van der Waals surface area contributed by atoms with Crippen LogP contribution < -0.4 is 0 Å². The Morgan fingerprint density at radius 2 is 1.61 bits per heavy atom. The Bertz CT molecular complexity index is 582. The molecule has 0 radical (unpaired) electrons. The van der Waals surface area contributed by atoms with Gasteiger partial charge in [-0.25, -0.2) is 8.78 Å². The predicted molar refractivity (Wildman–Crippen MR) is 62.1 cm³/mol. The van der Waals surface area contributed by atoms with Gasteiger partial charge in [0.2, 0.25) is 0 Å². The van der Waals surface area contributed by atoms with Gasteiger partial charge in [0.15, 0.2) is 5.78 Å². The lowest BCUT2D eigenvalue weighted by molar-refractivity contribution is 0.0746. The fraction of sp³-hybridized carbons (Fsp3) is 0.0714. The minimum Gasteiger partial charge on any atom is -0.380 e. The summed E-state index contributed by atoms with van der Waals surface area (Å²) in [5.74, 6) is -1.77. The van der Waals surface area contributed by atoms with Crippen molar-refractivity contribution in [1.29, 1.82) is 0 Å². The Morgan fingerprint density at radius 3 is 2.22 bits per heavy atom. The van der Waals surface area contributed by atoms with E-state index >= 15 is 0 Å². The second-order valence-electron chi connectivity index (χ2n) is 3.83. The zero-order valence-electron chi connectivity index (χ0n) is 9.31. The van der Waals surface area contributed by atoms with E-state index in [2.05, 4.69) is 0 Å². The van der Waals surface area contributed by atoms with Crippen molar-refractivity contribution in [2.45, 2.75) is 6.10 Å². The second-order valence-corrected chi connectivity index (χ2v) is 3.83. The Kier molecular flexibility index (Phi) is 3.48. The van der Waals surface area contributed by atoms with Gasteiger partial charge in [-0.2, -0.15) is 0 Å². The lowest BCUT2D eigenvalue weighted by Gasteiger charge is -2.10. The molecule has 0 saturated carbocycles. The number of Topliss-reactive ketones (excluding diaryl/α,β-unsaturated/α-hetero) is 1. The fourth-order valence-corrected chi connectivity index (χ4v) is 1.63. The normalized spacial score (nSPS) is 12.2. The number of ketones is 1. The van der Waals surface area contributed by atoms with Crippen LogP contribution in [-0.4, -0.2) is 10.9 Å². The highest BCUT2D eigenvalue weighted by atomic mass is 19.1. The van der Waals surface area contributed by atoms with Gasteiger partial charge in [-0.1, -0.05) is 24.3 Å². The molecule has 4 heteroatoms. The average molecular weight is 248 g/mol. The summed E-state index contributed by atoms with van der Waals surface area (Å²) in [5, 5.41) is 9.82. The molecule has 2 nitrogen and oxygen atoms in total. The van der Waals surface area contributed by atoms with Gasteiger partial charge in [-0.15, -0.1) is 0 Å². The Hall–Kier alpha value is -2.07. The summed E-state index contributed by atoms with van der Waals surface area (Å²) in [5.41, 5.74) is 0.191. The summed E-state index contributed by atoms with van der Waals surface area (Å²) in [6, 6.07) is 10.1. The molecule has 92 valence electrons. The minimum absolute atomic E-state index is 0.0479. The fourth-order valence-electron chi connectivity index (χ4n) is 1.63. The molecule has 0 amide bonds. The molecular weight excluding hydrogens is 238 g/mol. The number of hydrogen-bond acceptors (Lipinski definition) is 2. The van der Waals surface area contributed by atoms with Gasteiger partial charge in [0.25, 0.3) is 0 Å². The molecule has 1 N–H and O–H groups in total. The van der Waals surface area contributed by atoms with Crippen molar-refractivity contribution >= 4 is 5.78 Å². The van der Waals surface area contributed by atoms with Gasteiger partial charge in [-0.05, 0) is 29.8 Å². The molecule has 18 heavy (non-hydrogen) atoms. The van der Waals surface area contributed by atoms with Gasteiger partial charge in [0.1, 0.15) is 17.7 Å². The molecular formula is C14H10F2O2. The van der Waals surface area contributed by atoms with Crippen LogP contribution in [0.25, 0.3) is 0 Å². The van der Waals surface area contributed by atoms with E-state index in [1.54, 1.807) is 0 Å². The van der Waals surface area contributed by atoms with Crippen molar-refractivity contribution in [2.75, 3.05) is 0 Å². The van der Waals surface area contributed by atoms with Crippen molar-refractivity contribution in [3.63, 3.8) is 0 Å². The second kappa shape index (κ2) is 5.06. The molecule has 1 atom stereocenters. The molecule has 2 rings (SSSR count). The summed E-state index contributed by atoms with van der Waals surface area (Å²) in [4.78, 5) is 11.9. The van der Waals surface area contributed by atoms with Crippen molar-refractivity contribution in [2.24, 2.45) is 0 Å². The zero-order chi connectivity index (χ0) is 13.1. The molecule has 0 bridgehead atoms. The Balaban J connectivity index is 2.29. The smallest absolute Gasteiger partial charge is 0.195 e. The van der Waals surface area contributed by atoms with Gasteiger partial charge in [0.05, 0.1) is 0 Å². The molecule has 2 aromatic rings. The predicted octanol–water partition coefficient (Wildman–Crippen LogP) is 2.88. The molecule has 0 saturated heterocycles. The third kappa shape index (κ3) is 2.60. The molecule has 2 aromatic carbocycles. The number of benzene rings is 2. The summed E-state index contributed by atoms with van der Waals surface area (Å²) < 4.78 is 25.9. The van der Waals surface area contributed by atoms with E-state index in [-0.39, 0.29) is 11.1 Å². The number of carbonyl (C=O) groups excluding carboxylic acids is 1. The molecule has 0 aliphatic heterocycles. The quantitative estimate of drug-likeness (QED) is 0.848. The van der Waals surface area contributed by atoms with E-state index in [1.807, 2.05) is 0 Å². The first-order valence-corrected chi connectivity index (χ1v) is 5.31. The molecule has 0 heterocycles. The van der Waals surface area contributed by atoms with E-state index < -0.39 is 23.5 Å². The Morgan fingerprint density at radius 1 is 1.00 bits per heavy atom. The first-order chi connectivity index (χ1) is 8.58. The zero-order valence-corrected chi connectivity index (χ0v) is 9.31. The van der Waals surface area contributed by atoms with Gasteiger partial charge in [0, 0.05) is 5.56 Å². The molecule has 0 aromatic heterocycles. The highest BCUT2D eigenvalue weighted by Crippen LogP contribution is 2.19. The van der Waals surface area contributed by atoms with E-state index in [4.69, 9.17) is 0 Å². The molecule has 0 aliphatic rings. The van der Waals surface area contributed by atoms with E-state index in [9.17, 15) is 18.7 Å². The first kappa shape index (κ1) is 12.4. The number of rotatable bonds is 3. The lowest BCUT2D eigenvalue weighted by atomic mass is 10.00. The molecule has 0 fully saturated rings. The summed E-state index contributed by atoms with van der Waals surface area (Å²) in [6.07, 6.45) is -1.50. The number of hydrogen-bond donors (Lipinski definition) is 1. The van der Waals surface area contributed by atoms with Gasteiger partial charge in [-0.3, -0.25) is 4.79 Å². The highest BCUT2D eigenvalue weighted by molar-refractivity contribution is 5.99. The third-order valence-electron chi connectivity index (χ3n) is 2.52. The van der Waals surface area contributed by atoms with Gasteiger partial charge < -0.3 is 5.11 Å². The molecule has 1 unspecified atom stereocenters. The van der Waals surface area contributed by atoms with Crippen molar-refractivity contribution < 1.29 is 18.7 Å². The monoisotopic (exact) mass is 248 g/mol. The standard InChI is InChI=1S/C14H10F2O2/c15-11-5-1-3-9(7-11)13(17)14(18)10-4-2-6-12(16)8-10/h1-8,13,17H. The first-order valence-electron chi connectivity index (χ1n) is 5.31. The number of aliphatic hydroxyl groups excluding tert-OH is 1. The Labute approximate surface area is 103 Å². The third-order valence-corrected chi connectivity index (χ3v) is 2.52.